The molecule has 0 bridgehead atoms. The summed E-state index contributed by atoms with van der Waals surface area (Å²) in [5.74, 6) is -0.302. The summed E-state index contributed by atoms with van der Waals surface area (Å²) >= 11 is 0. The summed E-state index contributed by atoms with van der Waals surface area (Å²) in [5.41, 5.74) is 2.24. The van der Waals surface area contributed by atoms with Crippen molar-refractivity contribution in [3.63, 3.8) is 0 Å². The van der Waals surface area contributed by atoms with Gasteiger partial charge in [-0.05, 0) is 67.3 Å². The zero-order valence-electron chi connectivity index (χ0n) is 16.9. The normalized spacial score (nSPS) is 26.7. The van der Waals surface area contributed by atoms with E-state index in [0.29, 0.717) is 25.0 Å². The average molecular weight is 407 g/mol. The van der Waals surface area contributed by atoms with Gasteiger partial charge in [-0.25, -0.2) is 4.39 Å². The van der Waals surface area contributed by atoms with Gasteiger partial charge in [-0.1, -0.05) is 18.6 Å². The molecule has 1 heterocycles. The van der Waals surface area contributed by atoms with Crippen molar-refractivity contribution in [2.45, 2.75) is 44.3 Å². The number of aromatic nitrogens is 1. The van der Waals surface area contributed by atoms with Crippen LogP contribution in [0.4, 0.5) is 10.1 Å². The molecule has 0 spiro atoms. The molecule has 1 aromatic heterocycles. The van der Waals surface area contributed by atoms with Crippen molar-refractivity contribution in [1.29, 1.82) is 5.41 Å². The van der Waals surface area contributed by atoms with E-state index in [0.717, 1.165) is 22.5 Å². The molecule has 6 heteroatoms. The van der Waals surface area contributed by atoms with E-state index in [1.807, 2.05) is 19.1 Å². The van der Waals surface area contributed by atoms with Crippen LogP contribution in [0.25, 0.3) is 0 Å². The van der Waals surface area contributed by atoms with Gasteiger partial charge in [-0.15, -0.1) is 0 Å². The van der Waals surface area contributed by atoms with E-state index >= 15 is 0 Å². The number of nitrogens with one attached hydrogen (secondary N) is 2. The third-order valence-corrected chi connectivity index (χ3v) is 6.61. The van der Waals surface area contributed by atoms with Crippen molar-refractivity contribution in [3.05, 3.63) is 83.1 Å². The second-order valence-electron chi connectivity index (χ2n) is 8.40. The number of aliphatic hydroxyl groups excluding tert-OH is 1. The molecule has 2 aliphatic rings. The number of pyridine rings is 1. The minimum Gasteiger partial charge on any atom is -0.389 e. The molecule has 1 aromatic carbocycles. The Morgan fingerprint density at radius 2 is 2.03 bits per heavy atom. The molecule has 4 rings (SSSR count). The van der Waals surface area contributed by atoms with Crippen LogP contribution < -0.4 is 5.32 Å². The van der Waals surface area contributed by atoms with E-state index in [9.17, 15) is 14.6 Å². The maximum atomic E-state index is 13.2. The average Bonchev–Trinajstić information content (AvgIpc) is 3.00. The quantitative estimate of drug-likeness (QED) is 0.530. The van der Waals surface area contributed by atoms with Crippen molar-refractivity contribution >= 4 is 11.9 Å². The third-order valence-electron chi connectivity index (χ3n) is 6.61. The Morgan fingerprint density at radius 3 is 2.70 bits per heavy atom. The fourth-order valence-electron chi connectivity index (χ4n) is 4.70. The van der Waals surface area contributed by atoms with Crippen LogP contribution in [0.1, 0.15) is 44.4 Å². The van der Waals surface area contributed by atoms with Crippen LogP contribution in [0.5, 0.6) is 0 Å². The van der Waals surface area contributed by atoms with E-state index in [-0.39, 0.29) is 12.2 Å². The van der Waals surface area contributed by atoms with Gasteiger partial charge in [0, 0.05) is 35.6 Å². The Bertz CT molecular complexity index is 1000. The number of anilines is 1. The largest absolute Gasteiger partial charge is 0.389 e. The number of benzene rings is 1. The van der Waals surface area contributed by atoms with Crippen LogP contribution >= 0.6 is 0 Å². The second-order valence-corrected chi connectivity index (χ2v) is 8.40. The molecule has 30 heavy (non-hydrogen) atoms. The summed E-state index contributed by atoms with van der Waals surface area (Å²) in [6.45, 7) is 2.01. The van der Waals surface area contributed by atoms with E-state index in [1.165, 1.54) is 18.3 Å². The summed E-state index contributed by atoms with van der Waals surface area (Å²) in [6, 6.07) is 11.5. The van der Waals surface area contributed by atoms with Gasteiger partial charge in [0.05, 0.1) is 17.4 Å². The lowest BCUT2D eigenvalue weighted by atomic mass is 9.65. The van der Waals surface area contributed by atoms with E-state index in [2.05, 4.69) is 10.3 Å². The lowest BCUT2D eigenvalue weighted by Crippen LogP contribution is -2.45. The molecule has 3 atom stereocenters. The predicted octanol–water partition coefficient (Wildman–Crippen LogP) is 4.52. The number of aliphatic hydroxyl groups is 2. The summed E-state index contributed by atoms with van der Waals surface area (Å²) in [4.78, 5) is 4.22. The lowest BCUT2D eigenvalue weighted by Gasteiger charge is -2.44. The first-order valence-electron chi connectivity index (χ1n) is 10.1. The molecule has 5 nitrogen and oxygen atoms in total. The monoisotopic (exact) mass is 407 g/mol. The highest BCUT2D eigenvalue weighted by molar-refractivity contribution is 5.81. The van der Waals surface area contributed by atoms with Gasteiger partial charge < -0.3 is 20.9 Å². The SMILES string of the molecule is C[C@]12CC(C=N)=C(Nc3ccc(F)cc3)C=C1CC[C@@]2(O)CC(O)c1ccccn1. The van der Waals surface area contributed by atoms with Gasteiger partial charge in [-0.3, -0.25) is 4.98 Å². The molecule has 0 radical (unpaired) electrons. The first-order valence-corrected chi connectivity index (χ1v) is 10.1. The number of fused-ring (bicyclic) bond motifs is 1. The van der Waals surface area contributed by atoms with Gasteiger partial charge >= 0.3 is 0 Å². The molecule has 0 aliphatic heterocycles. The zero-order chi connectivity index (χ0) is 21.4. The van der Waals surface area contributed by atoms with Gasteiger partial charge in [0.25, 0.3) is 0 Å². The Balaban J connectivity index is 1.60. The Labute approximate surface area is 175 Å². The van der Waals surface area contributed by atoms with Crippen LogP contribution in [-0.4, -0.2) is 27.0 Å². The maximum Gasteiger partial charge on any atom is 0.123 e. The minimum atomic E-state index is -1.11. The fraction of sp³-hybridized carbons (Fsp3) is 0.333. The maximum absolute atomic E-state index is 13.2. The number of nitrogens with zero attached hydrogens (tertiary/aromatic N) is 1. The van der Waals surface area contributed by atoms with Crippen LogP contribution in [0.2, 0.25) is 0 Å². The molecule has 0 saturated heterocycles. The van der Waals surface area contributed by atoms with E-state index in [4.69, 9.17) is 5.41 Å². The Kier molecular flexibility index (Phi) is 5.30. The first kappa shape index (κ1) is 20.4. The van der Waals surface area contributed by atoms with Crippen molar-refractivity contribution in [2.24, 2.45) is 5.41 Å². The van der Waals surface area contributed by atoms with Gasteiger partial charge in [0.15, 0.2) is 0 Å². The highest BCUT2D eigenvalue weighted by atomic mass is 19.1. The molecule has 1 fully saturated rings. The number of allylic oxidation sites excluding steroid dienone is 2. The molecule has 2 aromatic rings. The molecular formula is C24H26FN3O2. The van der Waals surface area contributed by atoms with Crippen molar-refractivity contribution < 1.29 is 14.6 Å². The molecular weight excluding hydrogens is 381 g/mol. The Morgan fingerprint density at radius 1 is 1.27 bits per heavy atom. The second kappa shape index (κ2) is 7.78. The zero-order valence-corrected chi connectivity index (χ0v) is 16.9. The highest BCUT2D eigenvalue weighted by Gasteiger charge is 2.55. The molecule has 156 valence electrons. The fourth-order valence-corrected chi connectivity index (χ4v) is 4.70. The Hall–Kier alpha value is -2.83. The third kappa shape index (κ3) is 3.57. The predicted molar refractivity (Wildman–Crippen MR) is 115 cm³/mol. The van der Waals surface area contributed by atoms with Crippen LogP contribution in [0.15, 0.2) is 71.6 Å². The summed E-state index contributed by atoms with van der Waals surface area (Å²) in [7, 11) is 0. The summed E-state index contributed by atoms with van der Waals surface area (Å²) in [5, 5.41) is 33.5. The number of hydrogen-bond donors (Lipinski definition) is 4. The van der Waals surface area contributed by atoms with Gasteiger partial charge in [0.2, 0.25) is 0 Å². The van der Waals surface area contributed by atoms with E-state index in [1.54, 1.807) is 30.5 Å². The van der Waals surface area contributed by atoms with Crippen molar-refractivity contribution in [3.8, 4) is 0 Å². The molecule has 4 N–H and O–H groups in total. The number of hydrogen-bond acceptors (Lipinski definition) is 5. The smallest absolute Gasteiger partial charge is 0.123 e. The van der Waals surface area contributed by atoms with Crippen LogP contribution in [0.3, 0.4) is 0 Å². The molecule has 0 amide bonds. The summed E-state index contributed by atoms with van der Waals surface area (Å²) in [6.07, 6.45) is 5.99. The van der Waals surface area contributed by atoms with Crippen molar-refractivity contribution in [2.75, 3.05) is 5.32 Å². The van der Waals surface area contributed by atoms with Gasteiger partial charge in [0.1, 0.15) is 5.82 Å². The topological polar surface area (TPSA) is 89.2 Å². The standard InChI is InChI=1S/C24H26FN3O2/c1-23-13-16(15-26)21(28-19-7-5-18(25)6-8-19)12-17(23)9-10-24(23,30)14-22(29)20-4-2-3-11-27-20/h2-8,11-12,15,22,26,28-30H,9-10,13-14H2,1H3/t22?,23-,24+/m0/s1. The highest BCUT2D eigenvalue weighted by Crippen LogP contribution is 2.58. The van der Waals surface area contributed by atoms with Crippen LogP contribution in [-0.2, 0) is 0 Å². The number of rotatable bonds is 6. The van der Waals surface area contributed by atoms with Gasteiger partial charge in [-0.2, -0.15) is 0 Å². The molecule has 2 aliphatic carbocycles. The van der Waals surface area contributed by atoms with Crippen molar-refractivity contribution in [1.82, 2.24) is 4.98 Å². The molecule has 1 saturated carbocycles. The van der Waals surface area contributed by atoms with E-state index < -0.39 is 17.1 Å². The first-order chi connectivity index (χ1) is 14.3. The lowest BCUT2D eigenvalue weighted by molar-refractivity contribution is -0.0745. The molecule has 1 unspecified atom stereocenters. The van der Waals surface area contributed by atoms with Crippen LogP contribution in [0, 0.1) is 16.6 Å². The summed E-state index contributed by atoms with van der Waals surface area (Å²) < 4.78 is 13.2. The minimum absolute atomic E-state index is 0.184. The number of halogens is 1.